The molecule has 0 unspecified atom stereocenters. The first kappa shape index (κ1) is 15.1. The van der Waals surface area contributed by atoms with Gasteiger partial charge in [0.25, 0.3) is 0 Å². The zero-order valence-corrected chi connectivity index (χ0v) is 14.1. The Morgan fingerprint density at radius 3 is 2.60 bits per heavy atom. The van der Waals surface area contributed by atoms with Crippen LogP contribution in [-0.2, 0) is 0 Å². The molecule has 0 bridgehead atoms. The van der Waals surface area contributed by atoms with Crippen LogP contribution < -0.4 is 0 Å². The monoisotopic (exact) mass is 329 g/mol. The number of aromatic nitrogens is 4. The molecule has 0 aliphatic carbocycles. The topological polar surface area (TPSA) is 61.1 Å². The Balaban J connectivity index is 1.98. The van der Waals surface area contributed by atoms with Gasteiger partial charge in [0.1, 0.15) is 6.33 Å². The minimum atomic E-state index is 0.0243. The molecule has 4 aromatic rings. The maximum Gasteiger partial charge on any atom is 0.450 e. The second-order valence-corrected chi connectivity index (χ2v) is 6.03. The predicted octanol–water partition coefficient (Wildman–Crippen LogP) is 4.55. The summed E-state index contributed by atoms with van der Waals surface area (Å²) in [6, 6.07) is 9.88. The number of benzene rings is 2. The number of para-hydroxylation sites is 1. The van der Waals surface area contributed by atoms with E-state index in [0.29, 0.717) is 16.9 Å². The standard InChI is InChI=1S/C19H15N5O/c1-11-8-12(2)17(13(3)9-11)24-10-21-23-18(24)14-6-5-7-15-16(14)22-19(20-4)25-15/h5-10H,1-3H3. The first-order chi connectivity index (χ1) is 12.1. The van der Waals surface area contributed by atoms with Crippen molar-refractivity contribution in [2.24, 2.45) is 0 Å². The Morgan fingerprint density at radius 2 is 1.88 bits per heavy atom. The lowest BCUT2D eigenvalue weighted by Crippen LogP contribution is -2.02. The number of aryl methyl sites for hydroxylation is 3. The lowest BCUT2D eigenvalue weighted by Gasteiger charge is -2.14. The van der Waals surface area contributed by atoms with Crippen molar-refractivity contribution in [3.05, 3.63) is 64.8 Å². The molecule has 2 heterocycles. The quantitative estimate of drug-likeness (QED) is 0.506. The van der Waals surface area contributed by atoms with Crippen molar-refractivity contribution in [2.45, 2.75) is 20.8 Å². The van der Waals surface area contributed by atoms with Crippen molar-refractivity contribution in [1.29, 1.82) is 0 Å². The van der Waals surface area contributed by atoms with E-state index in [1.54, 1.807) is 12.4 Å². The molecule has 0 aliphatic heterocycles. The van der Waals surface area contributed by atoms with Crippen LogP contribution in [0.4, 0.5) is 6.01 Å². The summed E-state index contributed by atoms with van der Waals surface area (Å²) in [4.78, 5) is 7.56. The Labute approximate surface area is 144 Å². The van der Waals surface area contributed by atoms with Gasteiger partial charge in [-0.05, 0) is 44.0 Å². The molecule has 6 nitrogen and oxygen atoms in total. The summed E-state index contributed by atoms with van der Waals surface area (Å²) >= 11 is 0. The number of hydrogen-bond acceptors (Lipinski definition) is 4. The Bertz CT molecular complexity index is 1120. The second-order valence-electron chi connectivity index (χ2n) is 6.03. The van der Waals surface area contributed by atoms with Crippen LogP contribution in [0.2, 0.25) is 0 Å². The molecule has 0 N–H and O–H groups in total. The maximum absolute atomic E-state index is 7.11. The fourth-order valence-electron chi connectivity index (χ4n) is 3.30. The third-order valence-corrected chi connectivity index (χ3v) is 4.17. The number of fused-ring (bicyclic) bond motifs is 1. The molecule has 25 heavy (non-hydrogen) atoms. The van der Waals surface area contributed by atoms with Crippen LogP contribution in [0.1, 0.15) is 16.7 Å². The van der Waals surface area contributed by atoms with Gasteiger partial charge < -0.3 is 9.26 Å². The molecule has 4 rings (SSSR count). The zero-order chi connectivity index (χ0) is 17.6. The summed E-state index contributed by atoms with van der Waals surface area (Å²) in [5.74, 6) is 0.672. The lowest BCUT2D eigenvalue weighted by molar-refractivity contribution is 0.632. The summed E-state index contributed by atoms with van der Waals surface area (Å²) < 4.78 is 7.41. The van der Waals surface area contributed by atoms with Gasteiger partial charge >= 0.3 is 6.01 Å². The van der Waals surface area contributed by atoms with Gasteiger partial charge in [-0.3, -0.25) is 4.57 Å². The zero-order valence-electron chi connectivity index (χ0n) is 14.1. The van der Waals surface area contributed by atoms with Crippen LogP contribution in [0.5, 0.6) is 0 Å². The van der Waals surface area contributed by atoms with Crippen LogP contribution in [0.25, 0.3) is 33.0 Å². The number of nitrogens with zero attached hydrogens (tertiary/aromatic N) is 5. The first-order valence-electron chi connectivity index (χ1n) is 7.84. The minimum absolute atomic E-state index is 0.0243. The Morgan fingerprint density at radius 1 is 1.12 bits per heavy atom. The highest BCUT2D eigenvalue weighted by atomic mass is 16.4. The largest absolute Gasteiger partial charge is 0.460 e. The SMILES string of the molecule is [C-]#[N+]c1nc2c(-c3nncn3-c3c(C)cc(C)cc3C)cccc2o1. The van der Waals surface area contributed by atoms with Crippen molar-refractivity contribution < 1.29 is 4.42 Å². The molecule has 0 saturated heterocycles. The first-order valence-corrected chi connectivity index (χ1v) is 7.84. The Kier molecular flexibility index (Phi) is 3.36. The minimum Gasteiger partial charge on any atom is -0.460 e. The third kappa shape index (κ3) is 2.37. The van der Waals surface area contributed by atoms with Gasteiger partial charge in [0, 0.05) is 0 Å². The Hall–Kier alpha value is -3.46. The van der Waals surface area contributed by atoms with Crippen LogP contribution >= 0.6 is 0 Å². The van der Waals surface area contributed by atoms with E-state index in [1.165, 1.54) is 5.56 Å². The lowest BCUT2D eigenvalue weighted by atomic mass is 10.0. The molecule has 0 amide bonds. The predicted molar refractivity (Wildman–Crippen MR) is 94.8 cm³/mol. The summed E-state index contributed by atoms with van der Waals surface area (Å²) in [5, 5.41) is 8.41. The van der Waals surface area contributed by atoms with Crippen LogP contribution in [0, 0.1) is 27.3 Å². The van der Waals surface area contributed by atoms with Crippen LogP contribution in [-0.4, -0.2) is 19.7 Å². The van der Waals surface area contributed by atoms with Gasteiger partial charge in [-0.15, -0.1) is 10.2 Å². The fourth-order valence-corrected chi connectivity index (χ4v) is 3.30. The smallest absolute Gasteiger partial charge is 0.450 e. The van der Waals surface area contributed by atoms with Crippen LogP contribution in [0.15, 0.2) is 41.1 Å². The van der Waals surface area contributed by atoms with Crippen molar-refractivity contribution in [3.63, 3.8) is 0 Å². The van der Waals surface area contributed by atoms with Gasteiger partial charge in [0.05, 0.1) is 11.3 Å². The molecule has 0 aliphatic rings. The van der Waals surface area contributed by atoms with E-state index in [9.17, 15) is 0 Å². The van der Waals surface area contributed by atoms with E-state index >= 15 is 0 Å². The highest BCUT2D eigenvalue weighted by Crippen LogP contribution is 2.32. The number of rotatable bonds is 2. The van der Waals surface area contributed by atoms with Crippen molar-refractivity contribution in [3.8, 4) is 17.1 Å². The molecule has 0 radical (unpaired) electrons. The van der Waals surface area contributed by atoms with E-state index in [0.717, 1.165) is 22.4 Å². The highest BCUT2D eigenvalue weighted by molar-refractivity contribution is 5.90. The van der Waals surface area contributed by atoms with E-state index in [-0.39, 0.29) is 6.01 Å². The normalized spacial score (nSPS) is 11.0. The molecule has 0 fully saturated rings. The molecule has 0 atom stereocenters. The van der Waals surface area contributed by atoms with Gasteiger partial charge in [0.15, 0.2) is 11.4 Å². The molecule has 122 valence electrons. The number of hydrogen-bond donors (Lipinski definition) is 0. The molecular weight excluding hydrogens is 314 g/mol. The molecule has 6 heteroatoms. The summed E-state index contributed by atoms with van der Waals surface area (Å²) in [6.07, 6.45) is 1.70. The summed E-state index contributed by atoms with van der Waals surface area (Å²) in [6.45, 7) is 13.3. The van der Waals surface area contributed by atoms with Gasteiger partial charge in [-0.2, -0.15) is 0 Å². The van der Waals surface area contributed by atoms with Crippen molar-refractivity contribution in [1.82, 2.24) is 19.7 Å². The fraction of sp³-hybridized carbons (Fsp3) is 0.158. The van der Waals surface area contributed by atoms with Gasteiger partial charge in [0.2, 0.25) is 5.52 Å². The van der Waals surface area contributed by atoms with Crippen molar-refractivity contribution in [2.75, 3.05) is 0 Å². The van der Waals surface area contributed by atoms with Crippen molar-refractivity contribution >= 4 is 17.1 Å². The molecule has 2 aromatic heterocycles. The average Bonchev–Trinajstić information content (AvgIpc) is 3.19. The third-order valence-electron chi connectivity index (χ3n) is 4.17. The van der Waals surface area contributed by atoms with E-state index < -0.39 is 0 Å². The van der Waals surface area contributed by atoms with E-state index in [2.05, 4.69) is 52.9 Å². The average molecular weight is 329 g/mol. The van der Waals surface area contributed by atoms with E-state index in [4.69, 9.17) is 11.0 Å². The molecule has 2 aromatic carbocycles. The molecule has 0 saturated carbocycles. The number of oxazole rings is 1. The second kappa shape index (κ2) is 5.56. The van der Waals surface area contributed by atoms with Crippen LogP contribution in [0.3, 0.4) is 0 Å². The summed E-state index contributed by atoms with van der Waals surface area (Å²) in [7, 11) is 0. The van der Waals surface area contributed by atoms with Gasteiger partial charge in [-0.25, -0.2) is 0 Å². The summed E-state index contributed by atoms with van der Waals surface area (Å²) in [5.41, 5.74) is 6.53. The maximum atomic E-state index is 7.11. The molecule has 0 spiro atoms. The van der Waals surface area contributed by atoms with Gasteiger partial charge in [-0.1, -0.05) is 35.3 Å². The highest BCUT2D eigenvalue weighted by Gasteiger charge is 2.20. The van der Waals surface area contributed by atoms with E-state index in [1.807, 2.05) is 16.7 Å². The molecular formula is C19H15N5O.